The number of Topliss-reactive ketones (excluding diaryl/α,β-unsaturated/α-hetero) is 1. The van der Waals surface area contributed by atoms with Crippen molar-refractivity contribution in [1.82, 2.24) is 9.78 Å². The van der Waals surface area contributed by atoms with Crippen molar-refractivity contribution < 1.29 is 9.72 Å². The van der Waals surface area contributed by atoms with Crippen LogP contribution in [0.5, 0.6) is 0 Å². The molecule has 0 spiro atoms. The number of nitrogens with zero attached hydrogens (tertiary/aromatic N) is 3. The lowest BCUT2D eigenvalue weighted by atomic mass is 9.85. The van der Waals surface area contributed by atoms with Crippen molar-refractivity contribution in [3.8, 4) is 5.69 Å². The molecule has 0 aliphatic carbocycles. The van der Waals surface area contributed by atoms with Crippen LogP contribution in [-0.2, 0) is 0 Å². The van der Waals surface area contributed by atoms with Crippen molar-refractivity contribution in [3.63, 3.8) is 0 Å². The first-order valence-electron chi connectivity index (χ1n) is 9.92. The standard InChI is InChI=1S/C25H21N3O3/c1-17-23(18(2)29)25(27(26-17)21-13-15-22(16-14-21)28(30)31)24(19-9-5-3-6-10-19)20-11-7-4-8-12-20/h3-16,24H,1-2H3. The molecule has 0 aliphatic rings. The highest BCUT2D eigenvalue weighted by atomic mass is 16.6. The predicted molar refractivity (Wildman–Crippen MR) is 119 cm³/mol. The Morgan fingerprint density at radius 1 is 0.903 bits per heavy atom. The van der Waals surface area contributed by atoms with Gasteiger partial charge in [-0.1, -0.05) is 60.7 Å². The number of rotatable bonds is 6. The van der Waals surface area contributed by atoms with Crippen LogP contribution in [0.25, 0.3) is 5.69 Å². The van der Waals surface area contributed by atoms with Gasteiger partial charge in [-0.2, -0.15) is 5.10 Å². The van der Waals surface area contributed by atoms with Gasteiger partial charge in [0, 0.05) is 12.1 Å². The fourth-order valence-corrected chi connectivity index (χ4v) is 3.96. The minimum Gasteiger partial charge on any atom is -0.294 e. The quantitative estimate of drug-likeness (QED) is 0.239. The molecule has 0 saturated carbocycles. The van der Waals surface area contributed by atoms with Crippen molar-refractivity contribution in [2.75, 3.05) is 0 Å². The average molecular weight is 411 g/mol. The number of aryl methyl sites for hydroxylation is 1. The molecule has 4 rings (SSSR count). The molecule has 0 bridgehead atoms. The number of nitro groups is 1. The van der Waals surface area contributed by atoms with Crippen molar-refractivity contribution in [3.05, 3.63) is 123 Å². The van der Waals surface area contributed by atoms with E-state index in [4.69, 9.17) is 0 Å². The second-order valence-corrected chi connectivity index (χ2v) is 7.34. The summed E-state index contributed by atoms with van der Waals surface area (Å²) in [5.74, 6) is -0.310. The maximum atomic E-state index is 12.7. The Morgan fingerprint density at radius 2 is 1.42 bits per heavy atom. The molecule has 1 heterocycles. The molecule has 0 unspecified atom stereocenters. The minimum atomic E-state index is -0.434. The van der Waals surface area contributed by atoms with Crippen LogP contribution in [0.4, 0.5) is 5.69 Å². The molecule has 0 fully saturated rings. The van der Waals surface area contributed by atoms with Gasteiger partial charge in [0.25, 0.3) is 5.69 Å². The van der Waals surface area contributed by atoms with Crippen molar-refractivity contribution in [1.29, 1.82) is 0 Å². The maximum Gasteiger partial charge on any atom is 0.269 e. The lowest BCUT2D eigenvalue weighted by Crippen LogP contribution is -2.14. The zero-order valence-electron chi connectivity index (χ0n) is 17.2. The topological polar surface area (TPSA) is 78.0 Å². The van der Waals surface area contributed by atoms with E-state index >= 15 is 0 Å². The molecule has 3 aromatic carbocycles. The van der Waals surface area contributed by atoms with Crippen molar-refractivity contribution in [2.24, 2.45) is 0 Å². The number of carbonyl (C=O) groups excluding carboxylic acids is 1. The van der Waals surface area contributed by atoms with Gasteiger partial charge >= 0.3 is 0 Å². The first kappa shape index (κ1) is 20.2. The summed E-state index contributed by atoms with van der Waals surface area (Å²) in [7, 11) is 0. The molecule has 4 aromatic rings. The van der Waals surface area contributed by atoms with E-state index in [-0.39, 0.29) is 17.4 Å². The van der Waals surface area contributed by atoms with E-state index in [2.05, 4.69) is 5.10 Å². The Kier molecular flexibility index (Phi) is 5.45. The van der Waals surface area contributed by atoms with Gasteiger partial charge in [0.1, 0.15) is 0 Å². The Bertz CT molecular complexity index is 1190. The molecule has 0 saturated heterocycles. The van der Waals surface area contributed by atoms with Crippen LogP contribution in [-0.4, -0.2) is 20.5 Å². The average Bonchev–Trinajstić information content (AvgIpc) is 3.12. The highest BCUT2D eigenvalue weighted by Gasteiger charge is 2.29. The number of carbonyl (C=O) groups is 1. The summed E-state index contributed by atoms with van der Waals surface area (Å²) in [4.78, 5) is 23.3. The van der Waals surface area contributed by atoms with E-state index in [0.717, 1.165) is 16.8 Å². The molecule has 0 radical (unpaired) electrons. The van der Waals surface area contributed by atoms with E-state index in [1.165, 1.54) is 12.1 Å². The molecule has 6 heteroatoms. The molecule has 0 N–H and O–H groups in total. The van der Waals surface area contributed by atoms with Gasteiger partial charge in [-0.25, -0.2) is 4.68 Å². The fraction of sp³-hybridized carbons (Fsp3) is 0.120. The monoisotopic (exact) mass is 411 g/mol. The Morgan fingerprint density at radius 3 is 1.87 bits per heavy atom. The molecule has 0 aliphatic heterocycles. The summed E-state index contributed by atoms with van der Waals surface area (Å²) in [5.41, 5.74) is 4.65. The Labute approximate surface area is 179 Å². The summed E-state index contributed by atoms with van der Waals surface area (Å²) < 4.78 is 1.74. The molecule has 0 atom stereocenters. The zero-order chi connectivity index (χ0) is 22.0. The Balaban J connectivity index is 2.00. The van der Waals surface area contributed by atoms with Crippen LogP contribution in [0.15, 0.2) is 84.9 Å². The van der Waals surface area contributed by atoms with Crippen LogP contribution >= 0.6 is 0 Å². The predicted octanol–water partition coefficient (Wildman–Crippen LogP) is 5.47. The van der Waals surface area contributed by atoms with E-state index in [9.17, 15) is 14.9 Å². The summed E-state index contributed by atoms with van der Waals surface area (Å²) in [6, 6.07) is 26.1. The third kappa shape index (κ3) is 3.88. The first-order chi connectivity index (χ1) is 15.0. The van der Waals surface area contributed by atoms with E-state index in [1.54, 1.807) is 23.7 Å². The van der Waals surface area contributed by atoms with Gasteiger partial charge in [-0.05, 0) is 37.1 Å². The summed E-state index contributed by atoms with van der Waals surface area (Å²) in [6.07, 6.45) is 0. The minimum absolute atomic E-state index is 0.00337. The van der Waals surface area contributed by atoms with Crippen LogP contribution in [0.3, 0.4) is 0 Å². The van der Waals surface area contributed by atoms with Gasteiger partial charge in [0.15, 0.2) is 5.78 Å². The normalized spacial score (nSPS) is 10.9. The molecule has 0 amide bonds. The van der Waals surface area contributed by atoms with Gasteiger partial charge in [-0.3, -0.25) is 14.9 Å². The molecule has 31 heavy (non-hydrogen) atoms. The van der Waals surface area contributed by atoms with E-state index < -0.39 is 4.92 Å². The van der Waals surface area contributed by atoms with Crippen LogP contribution in [0, 0.1) is 17.0 Å². The third-order valence-electron chi connectivity index (χ3n) is 5.29. The maximum absolute atomic E-state index is 12.7. The second kappa shape index (κ2) is 8.36. The van der Waals surface area contributed by atoms with Gasteiger partial charge in [-0.15, -0.1) is 0 Å². The summed E-state index contributed by atoms with van der Waals surface area (Å²) in [5, 5.41) is 15.8. The largest absolute Gasteiger partial charge is 0.294 e. The lowest BCUT2D eigenvalue weighted by molar-refractivity contribution is -0.384. The Hall–Kier alpha value is -4.06. The number of aromatic nitrogens is 2. The SMILES string of the molecule is CC(=O)c1c(C)nn(-c2ccc([N+](=O)[O-])cc2)c1C(c1ccccc1)c1ccccc1. The number of nitro benzene ring substituents is 1. The number of non-ortho nitro benzene ring substituents is 1. The van der Waals surface area contributed by atoms with E-state index in [1.807, 2.05) is 67.6 Å². The number of ketones is 1. The van der Waals surface area contributed by atoms with Gasteiger partial charge in [0.2, 0.25) is 0 Å². The smallest absolute Gasteiger partial charge is 0.269 e. The number of hydrogen-bond donors (Lipinski definition) is 0. The molecule has 6 nitrogen and oxygen atoms in total. The second-order valence-electron chi connectivity index (χ2n) is 7.34. The zero-order valence-corrected chi connectivity index (χ0v) is 17.2. The van der Waals surface area contributed by atoms with Crippen molar-refractivity contribution >= 4 is 11.5 Å². The summed E-state index contributed by atoms with van der Waals surface area (Å²) in [6.45, 7) is 3.36. The third-order valence-corrected chi connectivity index (χ3v) is 5.29. The fourth-order valence-electron chi connectivity index (χ4n) is 3.96. The van der Waals surface area contributed by atoms with Gasteiger partial charge < -0.3 is 0 Å². The molecular weight excluding hydrogens is 390 g/mol. The molecule has 1 aromatic heterocycles. The first-order valence-corrected chi connectivity index (χ1v) is 9.92. The highest BCUT2D eigenvalue weighted by Crippen LogP contribution is 2.36. The molecule has 154 valence electrons. The summed E-state index contributed by atoms with van der Waals surface area (Å²) >= 11 is 0. The van der Waals surface area contributed by atoms with Crippen LogP contribution < -0.4 is 0 Å². The lowest BCUT2D eigenvalue weighted by Gasteiger charge is -2.21. The highest BCUT2D eigenvalue weighted by molar-refractivity contribution is 5.97. The van der Waals surface area contributed by atoms with Gasteiger partial charge in [0.05, 0.1) is 33.5 Å². The van der Waals surface area contributed by atoms with Crippen molar-refractivity contribution in [2.45, 2.75) is 19.8 Å². The van der Waals surface area contributed by atoms with E-state index in [0.29, 0.717) is 16.9 Å². The van der Waals surface area contributed by atoms with Crippen LogP contribution in [0.2, 0.25) is 0 Å². The van der Waals surface area contributed by atoms with Crippen LogP contribution in [0.1, 0.15) is 45.7 Å². The number of hydrogen-bond acceptors (Lipinski definition) is 4. The number of benzene rings is 3. The molecular formula is C25H21N3O3.